The van der Waals surface area contributed by atoms with E-state index in [0.717, 1.165) is 12.8 Å². The van der Waals surface area contributed by atoms with Gasteiger partial charge in [-0.25, -0.2) is 0 Å². The van der Waals surface area contributed by atoms with Gasteiger partial charge in [0.2, 0.25) is 5.91 Å². The SMILES string of the molecule is CCC(Br)C(=O)N(C)C(C)(C)CC. The Morgan fingerprint density at radius 1 is 1.46 bits per heavy atom. The summed E-state index contributed by atoms with van der Waals surface area (Å²) in [5.41, 5.74) is -0.0434. The molecule has 0 spiro atoms. The Labute approximate surface area is 89.8 Å². The molecule has 0 rings (SSSR count). The standard InChI is InChI=1S/C10H20BrNO/c1-6-8(11)9(13)12(5)10(3,4)7-2/h8H,6-7H2,1-5H3. The Morgan fingerprint density at radius 3 is 2.23 bits per heavy atom. The Bertz CT molecular complexity index is 180. The first-order valence-corrected chi connectivity index (χ1v) is 5.70. The predicted molar refractivity (Wildman–Crippen MR) is 60.1 cm³/mol. The highest BCUT2D eigenvalue weighted by Crippen LogP contribution is 2.20. The lowest BCUT2D eigenvalue weighted by Crippen LogP contribution is -2.47. The van der Waals surface area contributed by atoms with Crippen molar-refractivity contribution in [2.75, 3.05) is 7.05 Å². The molecule has 3 heteroatoms. The van der Waals surface area contributed by atoms with Crippen LogP contribution in [0, 0.1) is 0 Å². The fourth-order valence-electron chi connectivity index (χ4n) is 0.920. The van der Waals surface area contributed by atoms with Crippen molar-refractivity contribution >= 4 is 21.8 Å². The molecule has 1 unspecified atom stereocenters. The number of halogens is 1. The Hall–Kier alpha value is -0.0500. The first-order valence-electron chi connectivity index (χ1n) is 4.78. The second-order valence-electron chi connectivity index (χ2n) is 3.94. The summed E-state index contributed by atoms with van der Waals surface area (Å²) in [6.07, 6.45) is 1.81. The van der Waals surface area contributed by atoms with Crippen LogP contribution in [0.2, 0.25) is 0 Å². The van der Waals surface area contributed by atoms with E-state index in [1.165, 1.54) is 0 Å². The maximum atomic E-state index is 11.8. The van der Waals surface area contributed by atoms with E-state index in [0.29, 0.717) is 0 Å². The monoisotopic (exact) mass is 249 g/mol. The number of rotatable bonds is 4. The zero-order chi connectivity index (χ0) is 10.6. The minimum atomic E-state index is -0.0434. The summed E-state index contributed by atoms with van der Waals surface area (Å²) in [6, 6.07) is 0. The van der Waals surface area contributed by atoms with Gasteiger partial charge in [-0.2, -0.15) is 0 Å². The lowest BCUT2D eigenvalue weighted by Gasteiger charge is -2.36. The Kier molecular flexibility index (Phi) is 4.97. The molecule has 13 heavy (non-hydrogen) atoms. The molecule has 1 amide bonds. The van der Waals surface area contributed by atoms with Crippen LogP contribution in [-0.2, 0) is 4.79 Å². The van der Waals surface area contributed by atoms with E-state index >= 15 is 0 Å². The molecule has 0 saturated heterocycles. The normalized spacial score (nSPS) is 14.0. The van der Waals surface area contributed by atoms with E-state index < -0.39 is 0 Å². The molecule has 0 aliphatic heterocycles. The zero-order valence-corrected chi connectivity index (χ0v) is 10.8. The van der Waals surface area contributed by atoms with Crippen molar-refractivity contribution in [2.45, 2.75) is 50.9 Å². The lowest BCUT2D eigenvalue weighted by atomic mass is 9.99. The zero-order valence-electron chi connectivity index (χ0n) is 9.22. The van der Waals surface area contributed by atoms with E-state index in [-0.39, 0.29) is 16.3 Å². The number of carbonyl (C=O) groups excluding carboxylic acids is 1. The summed E-state index contributed by atoms with van der Waals surface area (Å²) in [5.74, 6) is 0.175. The molecule has 2 nitrogen and oxygen atoms in total. The minimum Gasteiger partial charge on any atom is -0.340 e. The first kappa shape index (κ1) is 12.9. The van der Waals surface area contributed by atoms with Crippen LogP contribution in [-0.4, -0.2) is 28.2 Å². The molecular weight excluding hydrogens is 230 g/mol. The van der Waals surface area contributed by atoms with Crippen LogP contribution in [0.3, 0.4) is 0 Å². The lowest BCUT2D eigenvalue weighted by molar-refractivity contribution is -0.134. The van der Waals surface area contributed by atoms with Crippen LogP contribution in [0.4, 0.5) is 0 Å². The summed E-state index contributed by atoms with van der Waals surface area (Å²) in [6.45, 7) is 8.27. The van der Waals surface area contributed by atoms with Crippen LogP contribution >= 0.6 is 15.9 Å². The van der Waals surface area contributed by atoms with Gasteiger partial charge in [-0.1, -0.05) is 29.8 Å². The van der Waals surface area contributed by atoms with Crippen LogP contribution in [0.15, 0.2) is 0 Å². The summed E-state index contributed by atoms with van der Waals surface area (Å²) in [7, 11) is 1.87. The molecule has 0 aromatic heterocycles. The van der Waals surface area contributed by atoms with Crippen molar-refractivity contribution in [3.8, 4) is 0 Å². The molecule has 0 aliphatic carbocycles. The maximum absolute atomic E-state index is 11.8. The van der Waals surface area contributed by atoms with Gasteiger partial charge < -0.3 is 4.90 Å². The number of alkyl halides is 1. The van der Waals surface area contributed by atoms with E-state index in [2.05, 4.69) is 36.7 Å². The molecule has 0 radical (unpaired) electrons. The molecule has 1 atom stereocenters. The van der Waals surface area contributed by atoms with E-state index in [4.69, 9.17) is 0 Å². The second-order valence-corrected chi connectivity index (χ2v) is 5.04. The molecule has 78 valence electrons. The molecule has 0 aromatic rings. The van der Waals surface area contributed by atoms with Gasteiger partial charge in [0.05, 0.1) is 4.83 Å². The predicted octanol–water partition coefficient (Wildman–Crippen LogP) is 2.81. The summed E-state index contributed by atoms with van der Waals surface area (Å²) >= 11 is 3.37. The number of amides is 1. The van der Waals surface area contributed by atoms with E-state index in [9.17, 15) is 4.79 Å². The average molecular weight is 250 g/mol. The third kappa shape index (κ3) is 3.29. The van der Waals surface area contributed by atoms with Gasteiger partial charge in [0, 0.05) is 12.6 Å². The largest absolute Gasteiger partial charge is 0.340 e. The third-order valence-corrected chi connectivity index (χ3v) is 3.77. The van der Waals surface area contributed by atoms with Crippen molar-refractivity contribution in [1.82, 2.24) is 4.90 Å². The molecule has 0 fully saturated rings. The summed E-state index contributed by atoms with van der Waals surface area (Å²) < 4.78 is 0. The Balaban J connectivity index is 4.42. The number of hydrogen-bond donors (Lipinski definition) is 0. The quantitative estimate of drug-likeness (QED) is 0.702. The summed E-state index contributed by atoms with van der Waals surface area (Å²) in [4.78, 5) is 13.5. The topological polar surface area (TPSA) is 20.3 Å². The van der Waals surface area contributed by atoms with Gasteiger partial charge >= 0.3 is 0 Å². The van der Waals surface area contributed by atoms with Crippen LogP contribution in [0.1, 0.15) is 40.5 Å². The van der Waals surface area contributed by atoms with Crippen LogP contribution in [0.5, 0.6) is 0 Å². The number of hydrogen-bond acceptors (Lipinski definition) is 1. The fourth-order valence-corrected chi connectivity index (χ4v) is 1.23. The molecule has 0 saturated carbocycles. The highest BCUT2D eigenvalue weighted by molar-refractivity contribution is 9.10. The molecule has 0 N–H and O–H groups in total. The van der Waals surface area contributed by atoms with Crippen LogP contribution < -0.4 is 0 Å². The van der Waals surface area contributed by atoms with E-state index in [1.807, 2.05) is 18.9 Å². The smallest absolute Gasteiger partial charge is 0.236 e. The summed E-state index contributed by atoms with van der Waals surface area (Å²) in [5, 5.41) is 0. The van der Waals surface area contributed by atoms with Crippen LogP contribution in [0.25, 0.3) is 0 Å². The minimum absolute atomic E-state index is 0.0386. The van der Waals surface area contributed by atoms with Crippen molar-refractivity contribution in [2.24, 2.45) is 0 Å². The number of nitrogens with zero attached hydrogens (tertiary/aromatic N) is 1. The van der Waals surface area contributed by atoms with Crippen molar-refractivity contribution in [1.29, 1.82) is 0 Å². The van der Waals surface area contributed by atoms with E-state index in [1.54, 1.807) is 0 Å². The van der Waals surface area contributed by atoms with Crippen molar-refractivity contribution in [3.05, 3.63) is 0 Å². The van der Waals surface area contributed by atoms with Gasteiger partial charge in [0.25, 0.3) is 0 Å². The molecule has 0 aliphatic rings. The van der Waals surface area contributed by atoms with Gasteiger partial charge in [0.15, 0.2) is 0 Å². The van der Waals surface area contributed by atoms with Crippen molar-refractivity contribution < 1.29 is 4.79 Å². The fraction of sp³-hybridized carbons (Fsp3) is 0.900. The highest BCUT2D eigenvalue weighted by atomic mass is 79.9. The highest BCUT2D eigenvalue weighted by Gasteiger charge is 2.28. The first-order chi connectivity index (χ1) is 5.86. The maximum Gasteiger partial charge on any atom is 0.236 e. The Morgan fingerprint density at radius 2 is 1.92 bits per heavy atom. The third-order valence-electron chi connectivity index (χ3n) is 2.73. The van der Waals surface area contributed by atoms with Gasteiger partial charge in [0.1, 0.15) is 0 Å². The molecular formula is C10H20BrNO. The van der Waals surface area contributed by atoms with Crippen molar-refractivity contribution in [3.63, 3.8) is 0 Å². The molecule has 0 heterocycles. The average Bonchev–Trinajstić information content (AvgIpc) is 2.14. The van der Waals surface area contributed by atoms with Gasteiger partial charge in [-0.3, -0.25) is 4.79 Å². The van der Waals surface area contributed by atoms with Gasteiger partial charge in [-0.15, -0.1) is 0 Å². The number of carbonyl (C=O) groups is 1. The second kappa shape index (κ2) is 4.99. The van der Waals surface area contributed by atoms with Gasteiger partial charge in [-0.05, 0) is 26.7 Å². The molecule has 0 bridgehead atoms. The molecule has 0 aromatic carbocycles.